The lowest BCUT2D eigenvalue weighted by molar-refractivity contribution is 0.0691. The fourth-order valence-corrected chi connectivity index (χ4v) is 2.50. The van der Waals surface area contributed by atoms with E-state index in [4.69, 9.17) is 39.9 Å². The van der Waals surface area contributed by atoms with Gasteiger partial charge in [0.2, 0.25) is 0 Å². The SMILES string of the molecule is Cc1ncc(CO)c(/C=N/Nc2c(Cl)c(Cl)nc(C(=O)O)c2Cl)c1O. The van der Waals surface area contributed by atoms with Crippen LogP contribution < -0.4 is 5.43 Å². The second-order valence-electron chi connectivity index (χ2n) is 4.72. The number of carboxylic acids is 1. The number of aliphatic hydroxyl groups excluding tert-OH is 1. The molecule has 2 aromatic rings. The zero-order valence-corrected chi connectivity index (χ0v) is 14.9. The number of aromatic nitrogens is 2. The first-order chi connectivity index (χ1) is 11.8. The average molecular weight is 406 g/mol. The van der Waals surface area contributed by atoms with Crippen molar-refractivity contribution in [3.63, 3.8) is 0 Å². The van der Waals surface area contributed by atoms with E-state index in [1.54, 1.807) is 6.92 Å². The summed E-state index contributed by atoms with van der Waals surface area (Å²) in [5.74, 6) is -1.55. The van der Waals surface area contributed by atoms with Gasteiger partial charge in [0, 0.05) is 17.3 Å². The number of hydrogen-bond donors (Lipinski definition) is 4. The van der Waals surface area contributed by atoms with Crippen molar-refractivity contribution in [1.29, 1.82) is 0 Å². The molecule has 0 aliphatic carbocycles. The number of aromatic hydroxyl groups is 1. The molecule has 0 amide bonds. The summed E-state index contributed by atoms with van der Waals surface area (Å²) in [7, 11) is 0. The topological polar surface area (TPSA) is 128 Å². The van der Waals surface area contributed by atoms with Crippen molar-refractivity contribution in [2.24, 2.45) is 5.10 Å². The quantitative estimate of drug-likeness (QED) is 0.342. The molecule has 2 rings (SSSR count). The molecule has 0 saturated carbocycles. The Hall–Kier alpha value is -2.13. The lowest BCUT2D eigenvalue weighted by atomic mass is 10.1. The molecule has 0 aliphatic rings. The maximum Gasteiger partial charge on any atom is 0.356 e. The number of carbonyl (C=O) groups is 1. The summed E-state index contributed by atoms with van der Waals surface area (Å²) in [5.41, 5.74) is 2.82. The molecule has 0 atom stereocenters. The first-order valence-electron chi connectivity index (χ1n) is 6.63. The van der Waals surface area contributed by atoms with E-state index in [1.807, 2.05) is 0 Å². The third kappa shape index (κ3) is 3.93. The molecule has 11 heteroatoms. The van der Waals surface area contributed by atoms with E-state index in [1.165, 1.54) is 12.4 Å². The van der Waals surface area contributed by atoms with Gasteiger partial charge in [-0.3, -0.25) is 10.4 Å². The summed E-state index contributed by atoms with van der Waals surface area (Å²) < 4.78 is 0. The van der Waals surface area contributed by atoms with E-state index < -0.39 is 11.7 Å². The molecule has 0 aliphatic heterocycles. The fraction of sp³-hybridized carbons (Fsp3) is 0.143. The molecule has 132 valence electrons. The predicted molar refractivity (Wildman–Crippen MR) is 94.0 cm³/mol. The summed E-state index contributed by atoms with van der Waals surface area (Å²) in [6, 6.07) is 0. The summed E-state index contributed by atoms with van der Waals surface area (Å²) in [4.78, 5) is 18.6. The molecule has 0 spiro atoms. The van der Waals surface area contributed by atoms with Gasteiger partial charge in [-0.05, 0) is 6.92 Å². The van der Waals surface area contributed by atoms with Gasteiger partial charge in [0.05, 0.1) is 24.2 Å². The number of rotatable bonds is 5. The highest BCUT2D eigenvalue weighted by atomic mass is 35.5. The fourth-order valence-electron chi connectivity index (χ4n) is 1.84. The number of anilines is 1. The molecule has 25 heavy (non-hydrogen) atoms. The van der Waals surface area contributed by atoms with E-state index in [0.29, 0.717) is 11.3 Å². The Bertz CT molecular complexity index is 874. The first-order valence-corrected chi connectivity index (χ1v) is 7.76. The van der Waals surface area contributed by atoms with Crippen LogP contribution in [-0.4, -0.2) is 37.5 Å². The van der Waals surface area contributed by atoms with Crippen LogP contribution >= 0.6 is 34.8 Å². The summed E-state index contributed by atoms with van der Waals surface area (Å²) in [6.07, 6.45) is 2.60. The second kappa shape index (κ2) is 7.83. The zero-order valence-electron chi connectivity index (χ0n) is 12.6. The van der Waals surface area contributed by atoms with Crippen LogP contribution in [0, 0.1) is 6.92 Å². The van der Waals surface area contributed by atoms with Gasteiger partial charge in [0.1, 0.15) is 15.8 Å². The van der Waals surface area contributed by atoms with Gasteiger partial charge in [-0.25, -0.2) is 9.78 Å². The number of nitrogens with one attached hydrogen (secondary N) is 1. The largest absolute Gasteiger partial charge is 0.505 e. The van der Waals surface area contributed by atoms with Crippen molar-refractivity contribution in [2.45, 2.75) is 13.5 Å². The Balaban J connectivity index is 2.42. The van der Waals surface area contributed by atoms with Gasteiger partial charge >= 0.3 is 5.97 Å². The van der Waals surface area contributed by atoms with E-state index in [9.17, 15) is 15.0 Å². The number of nitrogens with zero attached hydrogens (tertiary/aromatic N) is 3. The van der Waals surface area contributed by atoms with E-state index in [-0.39, 0.29) is 38.8 Å². The maximum atomic E-state index is 11.1. The molecule has 0 unspecified atom stereocenters. The minimum absolute atomic E-state index is 0.0622. The molecule has 0 saturated heterocycles. The highest BCUT2D eigenvalue weighted by molar-refractivity contribution is 6.46. The summed E-state index contributed by atoms with van der Waals surface area (Å²) in [6.45, 7) is 1.21. The number of pyridine rings is 2. The van der Waals surface area contributed by atoms with Crippen LogP contribution in [0.15, 0.2) is 11.3 Å². The van der Waals surface area contributed by atoms with Crippen LogP contribution in [0.25, 0.3) is 0 Å². The van der Waals surface area contributed by atoms with Crippen molar-refractivity contribution in [1.82, 2.24) is 9.97 Å². The van der Waals surface area contributed by atoms with Gasteiger partial charge in [0.25, 0.3) is 0 Å². The highest BCUT2D eigenvalue weighted by Gasteiger charge is 2.20. The Kier molecular flexibility index (Phi) is 6.02. The van der Waals surface area contributed by atoms with Gasteiger partial charge in [-0.2, -0.15) is 5.10 Å². The van der Waals surface area contributed by atoms with E-state index in [0.717, 1.165) is 0 Å². The molecule has 8 nitrogen and oxygen atoms in total. The van der Waals surface area contributed by atoms with Crippen LogP contribution in [0.2, 0.25) is 15.2 Å². The minimum Gasteiger partial charge on any atom is -0.505 e. The van der Waals surface area contributed by atoms with Crippen LogP contribution in [0.5, 0.6) is 5.75 Å². The van der Waals surface area contributed by atoms with Crippen molar-refractivity contribution in [3.8, 4) is 5.75 Å². The predicted octanol–water partition coefficient (Wildman–Crippen LogP) is 3.09. The number of aliphatic hydroxyl groups is 1. The monoisotopic (exact) mass is 404 g/mol. The number of carboxylic acid groups (broad SMARTS) is 1. The molecule has 0 aromatic carbocycles. The van der Waals surface area contributed by atoms with Crippen molar-refractivity contribution >= 4 is 52.7 Å². The van der Waals surface area contributed by atoms with Crippen LogP contribution in [-0.2, 0) is 6.61 Å². The van der Waals surface area contributed by atoms with Gasteiger partial charge in [-0.15, -0.1) is 0 Å². The Morgan fingerprint density at radius 3 is 2.64 bits per heavy atom. The van der Waals surface area contributed by atoms with Crippen molar-refractivity contribution in [3.05, 3.63) is 43.9 Å². The molecule has 2 aromatic heterocycles. The average Bonchev–Trinajstić information content (AvgIpc) is 2.57. The van der Waals surface area contributed by atoms with E-state index >= 15 is 0 Å². The molecule has 4 N–H and O–H groups in total. The lowest BCUT2D eigenvalue weighted by Gasteiger charge is -2.10. The van der Waals surface area contributed by atoms with Crippen LogP contribution in [0.3, 0.4) is 0 Å². The minimum atomic E-state index is -1.39. The smallest absolute Gasteiger partial charge is 0.356 e. The van der Waals surface area contributed by atoms with Gasteiger partial charge in [0.15, 0.2) is 10.8 Å². The summed E-state index contributed by atoms with van der Waals surface area (Å²) in [5, 5.41) is 31.6. The van der Waals surface area contributed by atoms with Crippen LogP contribution in [0.1, 0.15) is 27.3 Å². The number of aryl methyl sites for hydroxylation is 1. The van der Waals surface area contributed by atoms with Crippen molar-refractivity contribution in [2.75, 3.05) is 5.43 Å². The Labute approximate surface area is 156 Å². The number of hydrazone groups is 1. The first kappa shape index (κ1) is 19.2. The molecule has 0 radical (unpaired) electrons. The number of halogens is 3. The van der Waals surface area contributed by atoms with E-state index in [2.05, 4.69) is 20.5 Å². The van der Waals surface area contributed by atoms with Gasteiger partial charge in [-0.1, -0.05) is 34.8 Å². The molecular formula is C14H11Cl3N4O4. The third-order valence-electron chi connectivity index (χ3n) is 3.14. The zero-order chi connectivity index (χ0) is 18.7. The second-order valence-corrected chi connectivity index (χ2v) is 5.83. The molecule has 0 fully saturated rings. The number of aromatic carboxylic acids is 1. The summed E-state index contributed by atoms with van der Waals surface area (Å²) >= 11 is 17.7. The lowest BCUT2D eigenvalue weighted by Crippen LogP contribution is -2.05. The normalized spacial score (nSPS) is 11.1. The Morgan fingerprint density at radius 2 is 2.04 bits per heavy atom. The molecular weight excluding hydrogens is 395 g/mol. The van der Waals surface area contributed by atoms with Crippen molar-refractivity contribution < 1.29 is 20.1 Å². The third-order valence-corrected chi connectivity index (χ3v) is 4.24. The molecule has 0 bridgehead atoms. The van der Waals surface area contributed by atoms with Gasteiger partial charge < -0.3 is 15.3 Å². The highest BCUT2D eigenvalue weighted by Crippen LogP contribution is 2.36. The maximum absolute atomic E-state index is 11.1. The number of hydrogen-bond acceptors (Lipinski definition) is 7. The Morgan fingerprint density at radius 1 is 1.36 bits per heavy atom. The van der Waals surface area contributed by atoms with Crippen LogP contribution in [0.4, 0.5) is 5.69 Å². The standard InChI is InChI=1S/C14H11Cl3N4O4/c1-5-12(23)7(6(4-22)2-18-5)3-19-21-10-8(15)11(14(24)25)20-13(17)9(10)16/h2-3,22-23H,4H2,1H3,(H,20,21)(H,24,25)/b19-3+. The molecule has 2 heterocycles.